The lowest BCUT2D eigenvalue weighted by Crippen LogP contribution is -2.41. The van der Waals surface area contributed by atoms with E-state index in [9.17, 15) is 9.59 Å². The molecule has 1 fully saturated rings. The smallest absolute Gasteiger partial charge is 0.254 e. The van der Waals surface area contributed by atoms with E-state index in [1.807, 2.05) is 22.9 Å². The van der Waals surface area contributed by atoms with Crippen molar-refractivity contribution < 1.29 is 14.3 Å². The molecule has 1 atom stereocenters. The molecule has 2 aromatic rings. The van der Waals surface area contributed by atoms with Crippen molar-refractivity contribution in [3.63, 3.8) is 0 Å². The predicted molar refractivity (Wildman–Crippen MR) is 90.6 cm³/mol. The van der Waals surface area contributed by atoms with Crippen molar-refractivity contribution in [3.05, 3.63) is 52.5 Å². The van der Waals surface area contributed by atoms with E-state index < -0.39 is 0 Å². The fourth-order valence-corrected chi connectivity index (χ4v) is 3.19. The van der Waals surface area contributed by atoms with Crippen LogP contribution in [0.2, 0.25) is 0 Å². The Bertz CT molecular complexity index is 676. The first-order chi connectivity index (χ1) is 11.7. The molecule has 1 N–H and O–H groups in total. The molecule has 1 aliphatic rings. The average molecular weight is 345 g/mol. The van der Waals surface area contributed by atoms with Crippen molar-refractivity contribution in [1.29, 1.82) is 0 Å². The summed E-state index contributed by atoms with van der Waals surface area (Å²) in [5, 5.41) is 6.61. The summed E-state index contributed by atoms with van der Waals surface area (Å²) >= 11 is 1.49. The van der Waals surface area contributed by atoms with Crippen molar-refractivity contribution in [1.82, 2.24) is 15.2 Å². The molecule has 6 nitrogen and oxygen atoms in total. The highest BCUT2D eigenvalue weighted by atomic mass is 32.1. The van der Waals surface area contributed by atoms with Gasteiger partial charge in [-0.25, -0.2) is 0 Å². The molecule has 0 radical (unpaired) electrons. The zero-order valence-corrected chi connectivity index (χ0v) is 14.0. The number of amides is 2. The van der Waals surface area contributed by atoms with Gasteiger partial charge in [0.2, 0.25) is 5.91 Å². The summed E-state index contributed by atoms with van der Waals surface area (Å²) in [4.78, 5) is 30.6. The number of nitrogens with one attached hydrogen (secondary N) is 1. The molecule has 7 heteroatoms. The molecule has 0 bridgehead atoms. The van der Waals surface area contributed by atoms with E-state index in [2.05, 4.69) is 10.3 Å². The Labute approximate surface area is 144 Å². The van der Waals surface area contributed by atoms with Crippen LogP contribution in [0.15, 0.2) is 41.4 Å². The molecule has 2 aromatic heterocycles. The minimum absolute atomic E-state index is 0.0475. The largest absolute Gasteiger partial charge is 0.379 e. The van der Waals surface area contributed by atoms with Gasteiger partial charge in [-0.05, 0) is 29.1 Å². The molecule has 1 saturated heterocycles. The lowest BCUT2D eigenvalue weighted by molar-refractivity contribution is -0.126. The molecule has 3 rings (SSSR count). The number of carbonyl (C=O) groups excluding carboxylic acids is 2. The Balaban J connectivity index is 1.59. The first-order valence-electron chi connectivity index (χ1n) is 7.80. The van der Waals surface area contributed by atoms with Crippen molar-refractivity contribution in [2.24, 2.45) is 5.92 Å². The zero-order chi connectivity index (χ0) is 16.8. The minimum Gasteiger partial charge on any atom is -0.379 e. The molecular weight excluding hydrogens is 326 g/mol. The van der Waals surface area contributed by atoms with Gasteiger partial charge in [0, 0.05) is 37.4 Å². The number of aromatic nitrogens is 1. The van der Waals surface area contributed by atoms with Crippen molar-refractivity contribution in [2.75, 3.05) is 26.3 Å². The number of nitrogens with zero attached hydrogens (tertiary/aromatic N) is 2. The van der Waals surface area contributed by atoms with E-state index >= 15 is 0 Å². The van der Waals surface area contributed by atoms with Gasteiger partial charge in [-0.1, -0.05) is 0 Å². The van der Waals surface area contributed by atoms with E-state index in [1.165, 1.54) is 11.3 Å². The third-order valence-electron chi connectivity index (χ3n) is 3.91. The number of rotatable bonds is 4. The fourth-order valence-electron chi connectivity index (χ4n) is 2.56. The molecule has 0 spiro atoms. The standard InChI is InChI=1S/C17H19N3O3S/c21-16(19-9-13-1-4-18-5-2-13)15-10-20(6-7-23-11-15)17(22)14-3-8-24-12-14/h1-5,8,12,15H,6-7,9-11H2,(H,19,21). The van der Waals surface area contributed by atoms with E-state index in [0.29, 0.717) is 38.4 Å². The maximum atomic E-state index is 12.5. The van der Waals surface area contributed by atoms with Gasteiger partial charge in [-0.15, -0.1) is 0 Å². The van der Waals surface area contributed by atoms with Crippen LogP contribution in [0, 0.1) is 5.92 Å². The highest BCUT2D eigenvalue weighted by Gasteiger charge is 2.28. The van der Waals surface area contributed by atoms with Gasteiger partial charge in [-0.2, -0.15) is 11.3 Å². The number of thiophene rings is 1. The van der Waals surface area contributed by atoms with Crippen LogP contribution in [0.25, 0.3) is 0 Å². The maximum absolute atomic E-state index is 12.5. The topological polar surface area (TPSA) is 71.5 Å². The monoisotopic (exact) mass is 345 g/mol. The van der Waals surface area contributed by atoms with Crippen LogP contribution >= 0.6 is 11.3 Å². The molecule has 0 aliphatic carbocycles. The van der Waals surface area contributed by atoms with Crippen LogP contribution in [0.1, 0.15) is 15.9 Å². The van der Waals surface area contributed by atoms with Gasteiger partial charge in [0.05, 0.1) is 24.7 Å². The first kappa shape index (κ1) is 16.6. The van der Waals surface area contributed by atoms with Crippen LogP contribution in [0.5, 0.6) is 0 Å². The molecule has 0 saturated carbocycles. The Hall–Kier alpha value is -2.25. The summed E-state index contributed by atoms with van der Waals surface area (Å²) in [7, 11) is 0. The molecule has 126 valence electrons. The lowest BCUT2D eigenvalue weighted by atomic mass is 10.1. The molecule has 3 heterocycles. The summed E-state index contributed by atoms with van der Waals surface area (Å²) in [6.45, 7) is 2.09. The van der Waals surface area contributed by atoms with Crippen LogP contribution in [-0.2, 0) is 16.1 Å². The van der Waals surface area contributed by atoms with Crippen molar-refractivity contribution in [2.45, 2.75) is 6.54 Å². The van der Waals surface area contributed by atoms with Gasteiger partial charge in [0.1, 0.15) is 0 Å². The van der Waals surface area contributed by atoms with E-state index in [1.54, 1.807) is 23.4 Å². The number of pyridine rings is 1. The fraction of sp³-hybridized carbons (Fsp3) is 0.353. The molecule has 2 amide bonds. The minimum atomic E-state index is -0.364. The normalized spacial score (nSPS) is 18.0. The Morgan fingerprint density at radius 2 is 2.17 bits per heavy atom. The van der Waals surface area contributed by atoms with Gasteiger partial charge >= 0.3 is 0 Å². The van der Waals surface area contributed by atoms with Crippen molar-refractivity contribution in [3.8, 4) is 0 Å². The average Bonchev–Trinajstić information content (AvgIpc) is 3.04. The number of carbonyl (C=O) groups is 2. The summed E-state index contributed by atoms with van der Waals surface area (Å²) < 4.78 is 5.52. The summed E-state index contributed by atoms with van der Waals surface area (Å²) in [6.07, 6.45) is 3.38. The molecular formula is C17H19N3O3S. The summed E-state index contributed by atoms with van der Waals surface area (Å²) in [5.41, 5.74) is 1.65. The van der Waals surface area contributed by atoms with Crippen LogP contribution in [0.3, 0.4) is 0 Å². The van der Waals surface area contributed by atoms with Crippen LogP contribution < -0.4 is 5.32 Å². The van der Waals surface area contributed by atoms with Crippen LogP contribution in [0.4, 0.5) is 0 Å². The second kappa shape index (κ2) is 8.03. The third kappa shape index (κ3) is 4.18. The maximum Gasteiger partial charge on any atom is 0.254 e. The van der Waals surface area contributed by atoms with Crippen molar-refractivity contribution >= 4 is 23.2 Å². The third-order valence-corrected chi connectivity index (χ3v) is 4.59. The highest BCUT2D eigenvalue weighted by Crippen LogP contribution is 2.14. The summed E-state index contributed by atoms with van der Waals surface area (Å²) in [6, 6.07) is 5.52. The van der Waals surface area contributed by atoms with Gasteiger partial charge in [0.25, 0.3) is 5.91 Å². The molecule has 24 heavy (non-hydrogen) atoms. The highest BCUT2D eigenvalue weighted by molar-refractivity contribution is 7.08. The molecule has 1 aliphatic heterocycles. The number of ether oxygens (including phenoxy) is 1. The Morgan fingerprint density at radius 3 is 2.92 bits per heavy atom. The first-order valence-corrected chi connectivity index (χ1v) is 8.74. The number of hydrogen-bond acceptors (Lipinski definition) is 5. The van der Waals surface area contributed by atoms with E-state index in [4.69, 9.17) is 4.74 Å². The zero-order valence-electron chi connectivity index (χ0n) is 13.2. The molecule has 1 unspecified atom stereocenters. The Kier molecular flexibility index (Phi) is 5.55. The number of hydrogen-bond donors (Lipinski definition) is 1. The van der Waals surface area contributed by atoms with Gasteiger partial charge in [-0.3, -0.25) is 14.6 Å². The van der Waals surface area contributed by atoms with E-state index in [-0.39, 0.29) is 17.7 Å². The van der Waals surface area contributed by atoms with E-state index in [0.717, 1.165) is 5.56 Å². The van der Waals surface area contributed by atoms with Gasteiger partial charge in [0.15, 0.2) is 0 Å². The quantitative estimate of drug-likeness (QED) is 0.913. The SMILES string of the molecule is O=C(NCc1ccncc1)C1COCCN(C(=O)c2ccsc2)C1. The van der Waals surface area contributed by atoms with Gasteiger partial charge < -0.3 is 15.0 Å². The molecule has 0 aromatic carbocycles. The Morgan fingerprint density at radius 1 is 1.33 bits per heavy atom. The summed E-state index contributed by atoms with van der Waals surface area (Å²) in [5.74, 6) is -0.512. The van der Waals surface area contributed by atoms with Crippen LogP contribution in [-0.4, -0.2) is 48.0 Å². The second-order valence-corrected chi connectivity index (χ2v) is 6.39. The predicted octanol–water partition coefficient (Wildman–Crippen LogP) is 1.55. The lowest BCUT2D eigenvalue weighted by Gasteiger charge is -2.23. The second-order valence-electron chi connectivity index (χ2n) is 5.61.